The highest BCUT2D eigenvalue weighted by Crippen LogP contribution is 2.15. The monoisotopic (exact) mass is 367 g/mol. The van der Waals surface area contributed by atoms with Crippen molar-refractivity contribution >= 4 is 21.7 Å². The number of sulfone groups is 1. The molecular formula is C17H25N3O4S. The zero-order valence-corrected chi connectivity index (χ0v) is 15.9. The molecule has 0 bridgehead atoms. The Bertz CT molecular complexity index is 744. The van der Waals surface area contributed by atoms with Crippen molar-refractivity contribution in [2.75, 3.05) is 47.0 Å². The Labute approximate surface area is 149 Å². The second kappa shape index (κ2) is 7.53. The third-order valence-corrected chi connectivity index (χ3v) is 5.46. The van der Waals surface area contributed by atoms with Gasteiger partial charge in [0.15, 0.2) is 9.84 Å². The van der Waals surface area contributed by atoms with Crippen molar-refractivity contribution in [1.82, 2.24) is 14.7 Å². The zero-order chi connectivity index (χ0) is 18.8. The zero-order valence-electron chi connectivity index (χ0n) is 15.1. The first-order valence-electron chi connectivity index (χ1n) is 8.08. The SMILES string of the molecule is CN1CCN(C(=O)Cc2ccc(S(C)(=O)=O)cc2)C(C(=O)N(C)C)C1. The summed E-state index contributed by atoms with van der Waals surface area (Å²) < 4.78 is 23.0. The van der Waals surface area contributed by atoms with Crippen LogP contribution < -0.4 is 0 Å². The highest BCUT2D eigenvalue weighted by atomic mass is 32.2. The smallest absolute Gasteiger partial charge is 0.246 e. The van der Waals surface area contributed by atoms with Gasteiger partial charge in [-0.1, -0.05) is 12.1 Å². The number of benzene rings is 1. The first-order valence-corrected chi connectivity index (χ1v) is 9.97. The van der Waals surface area contributed by atoms with Crippen LogP contribution in [0.3, 0.4) is 0 Å². The molecule has 0 aromatic heterocycles. The van der Waals surface area contributed by atoms with Crippen LogP contribution in [0.5, 0.6) is 0 Å². The van der Waals surface area contributed by atoms with Gasteiger partial charge in [0, 0.05) is 40.0 Å². The summed E-state index contributed by atoms with van der Waals surface area (Å²) in [5.74, 6) is -0.215. The minimum Gasteiger partial charge on any atom is -0.347 e. The quantitative estimate of drug-likeness (QED) is 0.740. The maximum atomic E-state index is 12.7. The number of carbonyl (C=O) groups is 2. The second-order valence-electron chi connectivity index (χ2n) is 6.69. The maximum absolute atomic E-state index is 12.7. The Morgan fingerprint density at radius 1 is 1.16 bits per heavy atom. The summed E-state index contributed by atoms with van der Waals surface area (Å²) in [4.78, 5) is 30.5. The Morgan fingerprint density at radius 2 is 1.76 bits per heavy atom. The number of nitrogens with zero attached hydrogens (tertiary/aromatic N) is 3. The topological polar surface area (TPSA) is 78.0 Å². The van der Waals surface area contributed by atoms with Crippen molar-refractivity contribution in [3.8, 4) is 0 Å². The molecule has 1 aliphatic rings. The summed E-state index contributed by atoms with van der Waals surface area (Å²) in [5, 5.41) is 0. The Morgan fingerprint density at radius 3 is 2.28 bits per heavy atom. The molecule has 0 aliphatic carbocycles. The van der Waals surface area contributed by atoms with Crippen LogP contribution in [0.4, 0.5) is 0 Å². The van der Waals surface area contributed by atoms with E-state index in [-0.39, 0.29) is 23.1 Å². The van der Waals surface area contributed by atoms with Gasteiger partial charge in [0.2, 0.25) is 11.8 Å². The van der Waals surface area contributed by atoms with Gasteiger partial charge < -0.3 is 14.7 Å². The van der Waals surface area contributed by atoms with Gasteiger partial charge in [0.25, 0.3) is 0 Å². The molecule has 0 N–H and O–H groups in total. The number of hydrogen-bond acceptors (Lipinski definition) is 5. The summed E-state index contributed by atoms with van der Waals surface area (Å²) >= 11 is 0. The molecule has 1 aliphatic heterocycles. The van der Waals surface area contributed by atoms with Crippen molar-refractivity contribution in [2.24, 2.45) is 0 Å². The van der Waals surface area contributed by atoms with Crippen LogP contribution in [0.15, 0.2) is 29.2 Å². The van der Waals surface area contributed by atoms with Gasteiger partial charge in [-0.3, -0.25) is 9.59 Å². The average molecular weight is 367 g/mol. The number of rotatable bonds is 4. The van der Waals surface area contributed by atoms with E-state index in [9.17, 15) is 18.0 Å². The minimum atomic E-state index is -3.26. The fourth-order valence-electron chi connectivity index (χ4n) is 2.86. The first kappa shape index (κ1) is 19.4. The molecule has 7 nitrogen and oxygen atoms in total. The second-order valence-corrected chi connectivity index (χ2v) is 8.71. The standard InChI is InChI=1S/C17H25N3O4S/c1-18(2)17(22)15-12-19(3)9-10-20(15)16(21)11-13-5-7-14(8-6-13)25(4,23)24/h5-8,15H,9-12H2,1-4H3. The van der Waals surface area contributed by atoms with Crippen molar-refractivity contribution in [3.63, 3.8) is 0 Å². The predicted octanol–water partition coefficient (Wildman–Crippen LogP) is -0.137. The lowest BCUT2D eigenvalue weighted by Gasteiger charge is -2.40. The molecule has 1 aromatic carbocycles. The molecule has 25 heavy (non-hydrogen) atoms. The predicted molar refractivity (Wildman–Crippen MR) is 94.9 cm³/mol. The van der Waals surface area contributed by atoms with Crippen LogP contribution in [0, 0.1) is 0 Å². The van der Waals surface area contributed by atoms with Crippen LogP contribution >= 0.6 is 0 Å². The molecule has 1 aromatic rings. The van der Waals surface area contributed by atoms with E-state index in [2.05, 4.69) is 0 Å². The van der Waals surface area contributed by atoms with Crippen LogP contribution in [0.1, 0.15) is 5.56 Å². The van der Waals surface area contributed by atoms with Crippen LogP contribution in [-0.4, -0.2) is 88.0 Å². The average Bonchev–Trinajstić information content (AvgIpc) is 2.53. The molecule has 1 saturated heterocycles. The van der Waals surface area contributed by atoms with Crippen LogP contribution in [0.25, 0.3) is 0 Å². The third-order valence-electron chi connectivity index (χ3n) is 4.34. The van der Waals surface area contributed by atoms with E-state index in [0.717, 1.165) is 18.4 Å². The lowest BCUT2D eigenvalue weighted by atomic mass is 10.1. The minimum absolute atomic E-state index is 0.0904. The lowest BCUT2D eigenvalue weighted by Crippen LogP contribution is -2.59. The molecule has 0 spiro atoms. The van der Waals surface area contributed by atoms with Crippen molar-refractivity contribution in [1.29, 1.82) is 0 Å². The van der Waals surface area contributed by atoms with Crippen LogP contribution in [-0.2, 0) is 25.8 Å². The molecule has 1 heterocycles. The summed E-state index contributed by atoms with van der Waals surface area (Å²) in [6.07, 6.45) is 1.29. The molecule has 0 saturated carbocycles. The van der Waals surface area contributed by atoms with E-state index in [1.54, 1.807) is 31.1 Å². The fourth-order valence-corrected chi connectivity index (χ4v) is 3.49. The van der Waals surface area contributed by atoms with Gasteiger partial charge in [0.05, 0.1) is 11.3 Å². The molecule has 2 amide bonds. The molecule has 1 atom stereocenters. The highest BCUT2D eigenvalue weighted by Gasteiger charge is 2.34. The molecule has 1 fully saturated rings. The van der Waals surface area contributed by atoms with E-state index in [0.29, 0.717) is 13.1 Å². The summed E-state index contributed by atoms with van der Waals surface area (Å²) in [5.41, 5.74) is 0.729. The first-order chi connectivity index (χ1) is 11.6. The number of likely N-dealkylation sites (N-methyl/N-ethyl adjacent to an activating group) is 2. The van der Waals surface area contributed by atoms with Crippen molar-refractivity contribution in [2.45, 2.75) is 17.4 Å². The van der Waals surface area contributed by atoms with E-state index < -0.39 is 15.9 Å². The fraction of sp³-hybridized carbons (Fsp3) is 0.529. The van der Waals surface area contributed by atoms with Gasteiger partial charge in [-0.2, -0.15) is 0 Å². The number of carbonyl (C=O) groups excluding carboxylic acids is 2. The molecular weight excluding hydrogens is 342 g/mol. The number of hydrogen-bond donors (Lipinski definition) is 0. The summed E-state index contributed by atoms with van der Waals surface area (Å²) in [6.45, 7) is 1.73. The van der Waals surface area contributed by atoms with Gasteiger partial charge in [-0.05, 0) is 24.7 Å². The Hall–Kier alpha value is -1.93. The van der Waals surface area contributed by atoms with Gasteiger partial charge in [-0.15, -0.1) is 0 Å². The molecule has 138 valence electrons. The Kier molecular flexibility index (Phi) is 5.84. The molecule has 2 rings (SSSR count). The molecule has 8 heteroatoms. The number of amides is 2. The van der Waals surface area contributed by atoms with E-state index in [1.807, 2.05) is 11.9 Å². The summed E-state index contributed by atoms with van der Waals surface area (Å²) in [6, 6.07) is 5.81. The Balaban J connectivity index is 2.13. The molecule has 0 radical (unpaired) electrons. The lowest BCUT2D eigenvalue weighted by molar-refractivity contribution is -0.147. The van der Waals surface area contributed by atoms with Gasteiger partial charge in [0.1, 0.15) is 6.04 Å². The highest BCUT2D eigenvalue weighted by molar-refractivity contribution is 7.90. The van der Waals surface area contributed by atoms with Crippen LogP contribution in [0.2, 0.25) is 0 Å². The van der Waals surface area contributed by atoms with Gasteiger partial charge >= 0.3 is 0 Å². The third kappa shape index (κ3) is 4.79. The normalized spacial score (nSPS) is 18.9. The number of piperazine rings is 1. The van der Waals surface area contributed by atoms with E-state index >= 15 is 0 Å². The maximum Gasteiger partial charge on any atom is 0.246 e. The van der Waals surface area contributed by atoms with E-state index in [1.165, 1.54) is 17.0 Å². The largest absolute Gasteiger partial charge is 0.347 e. The van der Waals surface area contributed by atoms with Crippen molar-refractivity contribution < 1.29 is 18.0 Å². The van der Waals surface area contributed by atoms with Gasteiger partial charge in [-0.25, -0.2) is 8.42 Å². The molecule has 1 unspecified atom stereocenters. The summed E-state index contributed by atoms with van der Waals surface area (Å²) in [7, 11) is 2.05. The van der Waals surface area contributed by atoms with E-state index in [4.69, 9.17) is 0 Å². The van der Waals surface area contributed by atoms with Crippen molar-refractivity contribution in [3.05, 3.63) is 29.8 Å².